The van der Waals surface area contributed by atoms with Crippen molar-refractivity contribution in [3.05, 3.63) is 35.1 Å². The number of nitrogens with one attached hydrogen (secondary N) is 1. The van der Waals surface area contributed by atoms with Gasteiger partial charge < -0.3 is 5.32 Å². The summed E-state index contributed by atoms with van der Waals surface area (Å²) in [5, 5.41) is 3.57. The molecule has 0 bridgehead atoms. The van der Waals surface area contributed by atoms with Gasteiger partial charge in [0.1, 0.15) is 5.82 Å². The Morgan fingerprint density at radius 3 is 2.44 bits per heavy atom. The van der Waals surface area contributed by atoms with E-state index in [4.69, 9.17) is 0 Å². The molecule has 1 N–H and O–H groups in total. The summed E-state index contributed by atoms with van der Waals surface area (Å²) in [5.41, 5.74) is 1.94. The molecule has 0 unspecified atom stereocenters. The summed E-state index contributed by atoms with van der Waals surface area (Å²) < 4.78 is 13.2. The molecule has 1 nitrogen and oxygen atoms in total. The third kappa shape index (κ3) is 2.92. The summed E-state index contributed by atoms with van der Waals surface area (Å²) in [4.78, 5) is 0. The topological polar surface area (TPSA) is 12.0 Å². The van der Waals surface area contributed by atoms with E-state index in [1.165, 1.54) is 31.2 Å². The van der Waals surface area contributed by atoms with Crippen molar-refractivity contribution in [2.45, 2.75) is 39.2 Å². The van der Waals surface area contributed by atoms with Crippen LogP contribution in [0.2, 0.25) is 0 Å². The van der Waals surface area contributed by atoms with Crippen LogP contribution in [-0.2, 0) is 6.54 Å². The van der Waals surface area contributed by atoms with Crippen LogP contribution in [0.3, 0.4) is 0 Å². The number of aryl methyl sites for hydroxylation is 1. The second-order valence-electron chi connectivity index (χ2n) is 6.05. The molecule has 0 heterocycles. The van der Waals surface area contributed by atoms with E-state index in [0.717, 1.165) is 36.4 Å². The molecule has 3 rings (SSSR count). The molecule has 0 aliphatic heterocycles. The number of halogens is 1. The SMILES string of the molecule is Cc1cc(CNCC(C2CC2)C2CC2)ccc1F. The Morgan fingerprint density at radius 2 is 1.89 bits per heavy atom. The quantitative estimate of drug-likeness (QED) is 0.809. The molecule has 0 aromatic heterocycles. The molecule has 2 saturated carbocycles. The van der Waals surface area contributed by atoms with Crippen molar-refractivity contribution >= 4 is 0 Å². The highest BCUT2D eigenvalue weighted by Gasteiger charge is 2.40. The van der Waals surface area contributed by atoms with Gasteiger partial charge in [0.15, 0.2) is 0 Å². The van der Waals surface area contributed by atoms with E-state index in [-0.39, 0.29) is 5.82 Å². The predicted octanol–water partition coefficient (Wildman–Crippen LogP) is 3.66. The maximum Gasteiger partial charge on any atom is 0.126 e. The van der Waals surface area contributed by atoms with Crippen LogP contribution in [0, 0.1) is 30.5 Å². The van der Waals surface area contributed by atoms with Crippen molar-refractivity contribution in [1.29, 1.82) is 0 Å². The van der Waals surface area contributed by atoms with E-state index in [1.807, 2.05) is 19.1 Å². The van der Waals surface area contributed by atoms with Gasteiger partial charge in [0.2, 0.25) is 0 Å². The molecule has 0 saturated heterocycles. The third-order valence-corrected chi connectivity index (χ3v) is 4.39. The van der Waals surface area contributed by atoms with Crippen LogP contribution < -0.4 is 5.32 Å². The maximum absolute atomic E-state index is 13.2. The van der Waals surface area contributed by atoms with E-state index in [2.05, 4.69) is 5.32 Å². The molecule has 2 fully saturated rings. The molecule has 98 valence electrons. The normalized spacial score (nSPS) is 19.5. The smallest absolute Gasteiger partial charge is 0.126 e. The fraction of sp³-hybridized carbons (Fsp3) is 0.625. The summed E-state index contributed by atoms with van der Waals surface area (Å²) in [7, 11) is 0. The lowest BCUT2D eigenvalue weighted by atomic mass is 9.98. The van der Waals surface area contributed by atoms with Crippen LogP contribution in [0.5, 0.6) is 0 Å². The lowest BCUT2D eigenvalue weighted by Gasteiger charge is -2.16. The largest absolute Gasteiger partial charge is 0.312 e. The highest BCUT2D eigenvalue weighted by molar-refractivity contribution is 5.23. The summed E-state index contributed by atoms with van der Waals surface area (Å²) in [5.74, 6) is 2.80. The molecule has 1 aromatic carbocycles. The fourth-order valence-electron chi connectivity index (χ4n) is 2.97. The zero-order valence-corrected chi connectivity index (χ0v) is 11.1. The number of benzene rings is 1. The van der Waals surface area contributed by atoms with Gasteiger partial charge in [0.25, 0.3) is 0 Å². The Hall–Kier alpha value is -0.890. The van der Waals surface area contributed by atoms with Gasteiger partial charge in [-0.3, -0.25) is 0 Å². The average molecular weight is 247 g/mol. The number of hydrogen-bond acceptors (Lipinski definition) is 1. The van der Waals surface area contributed by atoms with Gasteiger partial charge in [-0.15, -0.1) is 0 Å². The standard InChI is InChI=1S/C16H22FN/c1-11-8-12(2-7-16(11)17)9-18-10-15(13-3-4-13)14-5-6-14/h2,7-8,13-15,18H,3-6,9-10H2,1H3. The van der Waals surface area contributed by atoms with Crippen molar-refractivity contribution in [2.75, 3.05) is 6.54 Å². The monoisotopic (exact) mass is 247 g/mol. The average Bonchev–Trinajstić information content (AvgIpc) is 3.22. The maximum atomic E-state index is 13.2. The molecule has 0 amide bonds. The second kappa shape index (κ2) is 5.00. The Bertz CT molecular complexity index is 409. The van der Waals surface area contributed by atoms with E-state index in [1.54, 1.807) is 6.07 Å². The fourth-order valence-corrected chi connectivity index (χ4v) is 2.97. The zero-order valence-electron chi connectivity index (χ0n) is 11.1. The highest BCUT2D eigenvalue weighted by Crippen LogP contribution is 2.48. The summed E-state index contributed by atoms with van der Waals surface area (Å²) in [6, 6.07) is 5.41. The minimum absolute atomic E-state index is 0.104. The van der Waals surface area contributed by atoms with Crippen LogP contribution in [-0.4, -0.2) is 6.54 Å². The zero-order chi connectivity index (χ0) is 12.5. The molecule has 2 aliphatic carbocycles. The van der Waals surface area contributed by atoms with Crippen molar-refractivity contribution in [3.63, 3.8) is 0 Å². The first-order valence-corrected chi connectivity index (χ1v) is 7.20. The van der Waals surface area contributed by atoms with Gasteiger partial charge >= 0.3 is 0 Å². The van der Waals surface area contributed by atoms with Gasteiger partial charge in [-0.05, 0) is 74.1 Å². The minimum Gasteiger partial charge on any atom is -0.312 e. The van der Waals surface area contributed by atoms with Gasteiger partial charge in [-0.2, -0.15) is 0 Å². The summed E-state index contributed by atoms with van der Waals surface area (Å²) in [6.07, 6.45) is 5.77. The Balaban J connectivity index is 1.49. The molecule has 1 aromatic rings. The first kappa shape index (κ1) is 12.2. The molecular formula is C16H22FN. The molecular weight excluding hydrogens is 225 g/mol. The number of rotatable bonds is 6. The molecule has 2 heteroatoms. The Morgan fingerprint density at radius 1 is 1.22 bits per heavy atom. The molecule has 18 heavy (non-hydrogen) atoms. The molecule has 0 radical (unpaired) electrons. The van der Waals surface area contributed by atoms with Crippen LogP contribution in [0.1, 0.15) is 36.8 Å². The summed E-state index contributed by atoms with van der Waals surface area (Å²) >= 11 is 0. The van der Waals surface area contributed by atoms with E-state index < -0.39 is 0 Å². The second-order valence-corrected chi connectivity index (χ2v) is 6.05. The molecule has 2 aliphatic rings. The predicted molar refractivity (Wildman–Crippen MR) is 71.8 cm³/mol. The van der Waals surface area contributed by atoms with Gasteiger partial charge in [0, 0.05) is 6.54 Å². The Labute approximate surface area is 109 Å². The van der Waals surface area contributed by atoms with Crippen molar-refractivity contribution in [2.24, 2.45) is 17.8 Å². The van der Waals surface area contributed by atoms with Crippen LogP contribution in [0.4, 0.5) is 4.39 Å². The van der Waals surface area contributed by atoms with Crippen LogP contribution in [0.15, 0.2) is 18.2 Å². The van der Waals surface area contributed by atoms with Crippen LogP contribution >= 0.6 is 0 Å². The first-order chi connectivity index (χ1) is 8.74. The van der Waals surface area contributed by atoms with E-state index >= 15 is 0 Å². The van der Waals surface area contributed by atoms with Gasteiger partial charge in [-0.25, -0.2) is 4.39 Å². The lowest BCUT2D eigenvalue weighted by Crippen LogP contribution is -2.25. The minimum atomic E-state index is -0.104. The van der Waals surface area contributed by atoms with Gasteiger partial charge in [0.05, 0.1) is 0 Å². The van der Waals surface area contributed by atoms with E-state index in [9.17, 15) is 4.39 Å². The van der Waals surface area contributed by atoms with Gasteiger partial charge in [-0.1, -0.05) is 12.1 Å². The summed E-state index contributed by atoms with van der Waals surface area (Å²) in [6.45, 7) is 3.85. The van der Waals surface area contributed by atoms with Crippen molar-refractivity contribution in [1.82, 2.24) is 5.32 Å². The number of hydrogen-bond donors (Lipinski definition) is 1. The van der Waals surface area contributed by atoms with Crippen molar-refractivity contribution < 1.29 is 4.39 Å². The Kier molecular flexibility index (Phi) is 3.38. The van der Waals surface area contributed by atoms with Crippen LogP contribution in [0.25, 0.3) is 0 Å². The highest BCUT2D eigenvalue weighted by atomic mass is 19.1. The van der Waals surface area contributed by atoms with Crippen molar-refractivity contribution in [3.8, 4) is 0 Å². The molecule has 0 atom stereocenters. The molecule has 0 spiro atoms. The lowest BCUT2D eigenvalue weighted by molar-refractivity contribution is 0.378. The third-order valence-electron chi connectivity index (χ3n) is 4.39. The van der Waals surface area contributed by atoms with E-state index in [0.29, 0.717) is 0 Å². The first-order valence-electron chi connectivity index (χ1n) is 7.20.